The summed E-state index contributed by atoms with van der Waals surface area (Å²) in [6.07, 6.45) is 2.87. The Morgan fingerprint density at radius 1 is 1.11 bits per heavy atom. The summed E-state index contributed by atoms with van der Waals surface area (Å²) < 4.78 is 0. The molecule has 1 saturated heterocycles. The van der Waals surface area contributed by atoms with E-state index in [-0.39, 0.29) is 10.8 Å². The maximum absolute atomic E-state index is 11.9. The van der Waals surface area contributed by atoms with E-state index in [0.29, 0.717) is 11.9 Å². The molecule has 0 bridgehead atoms. The average Bonchev–Trinajstić information content (AvgIpc) is 2.61. The predicted molar refractivity (Wildman–Crippen MR) is 79.6 cm³/mol. The standard InChI is InChI=1S/C14H27NO.C2H6/c1-13(2,3)10-11(14(4,5)6)15-9-7-8-12(15)16;1-2/h11H,7-10H2,1-6H3;1-2H3. The van der Waals surface area contributed by atoms with Crippen molar-refractivity contribution in [1.82, 2.24) is 4.90 Å². The van der Waals surface area contributed by atoms with Gasteiger partial charge < -0.3 is 4.90 Å². The Hall–Kier alpha value is -0.530. The van der Waals surface area contributed by atoms with Crippen LogP contribution in [0.25, 0.3) is 0 Å². The highest BCUT2D eigenvalue weighted by atomic mass is 16.2. The fraction of sp³-hybridized carbons (Fsp3) is 0.938. The highest BCUT2D eigenvalue weighted by Crippen LogP contribution is 2.36. The van der Waals surface area contributed by atoms with E-state index in [1.54, 1.807) is 0 Å². The molecule has 2 heteroatoms. The van der Waals surface area contributed by atoms with Gasteiger partial charge in [0.2, 0.25) is 5.91 Å². The van der Waals surface area contributed by atoms with Crippen LogP contribution in [-0.4, -0.2) is 23.4 Å². The summed E-state index contributed by atoms with van der Waals surface area (Å²) >= 11 is 0. The van der Waals surface area contributed by atoms with Crippen LogP contribution in [-0.2, 0) is 4.79 Å². The first kappa shape index (κ1) is 17.5. The SMILES string of the molecule is CC.CC(C)(C)CC(N1CCCC1=O)C(C)(C)C. The monoisotopic (exact) mass is 255 g/mol. The minimum Gasteiger partial charge on any atom is -0.339 e. The second-order valence-electron chi connectivity index (χ2n) is 7.34. The lowest BCUT2D eigenvalue weighted by atomic mass is 9.76. The molecule has 2 nitrogen and oxygen atoms in total. The molecule has 0 aromatic heterocycles. The van der Waals surface area contributed by atoms with E-state index in [9.17, 15) is 4.79 Å². The second-order valence-corrected chi connectivity index (χ2v) is 7.34. The van der Waals surface area contributed by atoms with Gasteiger partial charge in [-0.05, 0) is 23.7 Å². The molecule has 0 saturated carbocycles. The zero-order valence-electron chi connectivity index (χ0n) is 13.8. The summed E-state index contributed by atoms with van der Waals surface area (Å²) in [5, 5.41) is 0. The zero-order chi connectivity index (χ0) is 14.6. The zero-order valence-corrected chi connectivity index (χ0v) is 13.8. The van der Waals surface area contributed by atoms with Gasteiger partial charge in [-0.2, -0.15) is 0 Å². The molecule has 108 valence electrons. The maximum atomic E-state index is 11.9. The van der Waals surface area contributed by atoms with Crippen molar-refractivity contribution in [2.24, 2.45) is 10.8 Å². The molecular formula is C16H33NO. The number of carbonyl (C=O) groups excluding carboxylic acids is 1. The molecule has 0 aliphatic carbocycles. The van der Waals surface area contributed by atoms with Crippen molar-refractivity contribution in [2.45, 2.75) is 80.7 Å². The van der Waals surface area contributed by atoms with E-state index >= 15 is 0 Å². The largest absolute Gasteiger partial charge is 0.339 e. The van der Waals surface area contributed by atoms with Crippen LogP contribution in [0, 0.1) is 10.8 Å². The first-order valence-electron chi connectivity index (χ1n) is 7.41. The van der Waals surface area contributed by atoms with Crippen molar-refractivity contribution < 1.29 is 4.79 Å². The predicted octanol–water partition coefficient (Wildman–Crippen LogP) is 4.49. The van der Waals surface area contributed by atoms with E-state index in [4.69, 9.17) is 0 Å². The van der Waals surface area contributed by atoms with Crippen LogP contribution in [0.5, 0.6) is 0 Å². The Labute approximate surface area is 114 Å². The molecule has 1 fully saturated rings. The third-order valence-corrected chi connectivity index (χ3v) is 3.29. The van der Waals surface area contributed by atoms with Crippen molar-refractivity contribution in [3.05, 3.63) is 0 Å². The Kier molecular flexibility index (Phi) is 6.39. The minimum atomic E-state index is 0.174. The Morgan fingerprint density at radius 2 is 1.61 bits per heavy atom. The van der Waals surface area contributed by atoms with Crippen molar-refractivity contribution in [3.63, 3.8) is 0 Å². The van der Waals surface area contributed by atoms with E-state index in [0.717, 1.165) is 25.8 Å². The highest BCUT2D eigenvalue weighted by molar-refractivity contribution is 5.78. The summed E-state index contributed by atoms with van der Waals surface area (Å²) in [5.41, 5.74) is 0.452. The third kappa shape index (κ3) is 5.41. The number of carbonyl (C=O) groups is 1. The van der Waals surface area contributed by atoms with Gasteiger partial charge in [0.1, 0.15) is 0 Å². The topological polar surface area (TPSA) is 20.3 Å². The summed E-state index contributed by atoms with van der Waals surface area (Å²) in [5.74, 6) is 0.351. The van der Waals surface area contributed by atoms with Gasteiger partial charge in [0.15, 0.2) is 0 Å². The minimum absolute atomic E-state index is 0.174. The van der Waals surface area contributed by atoms with Crippen molar-refractivity contribution in [1.29, 1.82) is 0 Å². The van der Waals surface area contributed by atoms with Gasteiger partial charge in [-0.1, -0.05) is 55.4 Å². The summed E-state index contributed by atoms with van der Waals surface area (Å²) in [6.45, 7) is 18.5. The molecule has 1 rings (SSSR count). The van der Waals surface area contributed by atoms with Crippen LogP contribution in [0.15, 0.2) is 0 Å². The van der Waals surface area contributed by atoms with Crippen LogP contribution in [0.4, 0.5) is 0 Å². The van der Waals surface area contributed by atoms with Crippen molar-refractivity contribution in [3.8, 4) is 0 Å². The molecule has 1 heterocycles. The molecule has 0 radical (unpaired) electrons. The number of rotatable bonds is 2. The molecule has 1 atom stereocenters. The molecule has 1 amide bonds. The first-order chi connectivity index (χ1) is 8.11. The van der Waals surface area contributed by atoms with Gasteiger partial charge in [-0.25, -0.2) is 0 Å². The number of amides is 1. The lowest BCUT2D eigenvalue weighted by molar-refractivity contribution is -0.132. The van der Waals surface area contributed by atoms with Crippen LogP contribution >= 0.6 is 0 Å². The summed E-state index contributed by atoms with van der Waals surface area (Å²) in [7, 11) is 0. The van der Waals surface area contributed by atoms with Gasteiger partial charge in [0.05, 0.1) is 0 Å². The number of likely N-dealkylation sites (tertiary alicyclic amines) is 1. The molecule has 1 unspecified atom stereocenters. The molecule has 0 aromatic carbocycles. The van der Waals surface area contributed by atoms with Gasteiger partial charge in [0, 0.05) is 19.0 Å². The molecule has 0 spiro atoms. The summed E-state index contributed by atoms with van der Waals surface area (Å²) in [4.78, 5) is 14.0. The fourth-order valence-electron chi connectivity index (χ4n) is 2.46. The van der Waals surface area contributed by atoms with Gasteiger partial charge >= 0.3 is 0 Å². The first-order valence-corrected chi connectivity index (χ1v) is 7.41. The van der Waals surface area contributed by atoms with Gasteiger partial charge in [-0.15, -0.1) is 0 Å². The van der Waals surface area contributed by atoms with Crippen LogP contribution in [0.1, 0.15) is 74.7 Å². The molecule has 0 aromatic rings. The lowest BCUT2D eigenvalue weighted by Gasteiger charge is -2.41. The third-order valence-electron chi connectivity index (χ3n) is 3.29. The molecular weight excluding hydrogens is 222 g/mol. The van der Waals surface area contributed by atoms with Crippen LogP contribution < -0.4 is 0 Å². The Balaban J connectivity index is 0.00000137. The second kappa shape index (κ2) is 6.58. The van der Waals surface area contributed by atoms with E-state index < -0.39 is 0 Å². The Morgan fingerprint density at radius 3 is 1.89 bits per heavy atom. The molecule has 1 aliphatic rings. The normalized spacial score (nSPS) is 18.4. The van der Waals surface area contributed by atoms with Crippen molar-refractivity contribution >= 4 is 5.91 Å². The molecule has 1 aliphatic heterocycles. The fourth-order valence-corrected chi connectivity index (χ4v) is 2.46. The molecule has 0 N–H and O–H groups in total. The average molecular weight is 255 g/mol. The lowest BCUT2D eigenvalue weighted by Crippen LogP contribution is -2.46. The van der Waals surface area contributed by atoms with E-state index in [2.05, 4.69) is 46.4 Å². The number of nitrogens with zero attached hydrogens (tertiary/aromatic N) is 1. The molecule has 18 heavy (non-hydrogen) atoms. The van der Waals surface area contributed by atoms with Crippen LogP contribution in [0.3, 0.4) is 0 Å². The maximum Gasteiger partial charge on any atom is 0.222 e. The number of hydrogen-bond donors (Lipinski definition) is 0. The smallest absolute Gasteiger partial charge is 0.222 e. The van der Waals surface area contributed by atoms with E-state index in [1.165, 1.54) is 0 Å². The van der Waals surface area contributed by atoms with Crippen LogP contribution in [0.2, 0.25) is 0 Å². The van der Waals surface area contributed by atoms with Gasteiger partial charge in [-0.3, -0.25) is 4.79 Å². The highest BCUT2D eigenvalue weighted by Gasteiger charge is 2.37. The van der Waals surface area contributed by atoms with Crippen molar-refractivity contribution in [2.75, 3.05) is 6.54 Å². The van der Waals surface area contributed by atoms with E-state index in [1.807, 2.05) is 13.8 Å². The summed E-state index contributed by atoms with van der Waals surface area (Å²) in [6, 6.07) is 0.377. The Bertz CT molecular complexity index is 257. The number of hydrogen-bond acceptors (Lipinski definition) is 1. The van der Waals surface area contributed by atoms with Gasteiger partial charge in [0.25, 0.3) is 0 Å². The quantitative estimate of drug-likeness (QED) is 0.712.